The molecule has 3 atom stereocenters. The number of hydrogen-bond acceptors (Lipinski definition) is 3. The van der Waals surface area contributed by atoms with Crippen LogP contribution >= 0.6 is 0 Å². The maximum Gasteiger partial charge on any atom is 0.164 e. The van der Waals surface area contributed by atoms with Gasteiger partial charge in [-0.05, 0) is 67.3 Å². The van der Waals surface area contributed by atoms with E-state index >= 15 is 0 Å². The van der Waals surface area contributed by atoms with Gasteiger partial charge in [0.1, 0.15) is 0 Å². The molecule has 11 rings (SSSR count). The van der Waals surface area contributed by atoms with E-state index < -0.39 is 0 Å². The first kappa shape index (κ1) is 37.3. The summed E-state index contributed by atoms with van der Waals surface area (Å²) in [6.45, 7) is 2.40. The first-order valence-electron chi connectivity index (χ1n) is 21.4. The quantitative estimate of drug-likeness (QED) is 0.154. The van der Waals surface area contributed by atoms with Crippen molar-refractivity contribution in [3.63, 3.8) is 0 Å². The molecule has 0 aliphatic heterocycles. The fourth-order valence-corrected chi connectivity index (χ4v) is 9.56. The second-order valence-electron chi connectivity index (χ2n) is 16.5. The Balaban J connectivity index is 0.976. The number of fused-ring (bicyclic) bond motifs is 3. The summed E-state index contributed by atoms with van der Waals surface area (Å²) in [5, 5.41) is 0. The minimum atomic E-state index is -0.221. The summed E-state index contributed by atoms with van der Waals surface area (Å²) in [7, 11) is 0. The van der Waals surface area contributed by atoms with Crippen molar-refractivity contribution in [2.24, 2.45) is 5.92 Å². The SMILES string of the molecule is CC1(c2ccccc2)c2cc(-c3nc(-c4ccc(-c5ccc(-c6ccccc6)cc5)cc4)nc(-c4ccc(-c5ccc(-c6ccccc6)cc5)cc4)n3)ccc2C2C=CC=CC21. The Labute approximate surface area is 363 Å². The molecule has 1 heterocycles. The largest absolute Gasteiger partial charge is 0.208 e. The van der Waals surface area contributed by atoms with Crippen LogP contribution in [0.25, 0.3) is 78.7 Å². The van der Waals surface area contributed by atoms with E-state index in [1.54, 1.807) is 0 Å². The zero-order valence-electron chi connectivity index (χ0n) is 34.4. The average Bonchev–Trinajstić information content (AvgIpc) is 3.62. The van der Waals surface area contributed by atoms with Crippen LogP contribution in [0.3, 0.4) is 0 Å². The topological polar surface area (TPSA) is 38.7 Å². The van der Waals surface area contributed by atoms with Gasteiger partial charge in [0.15, 0.2) is 17.5 Å². The second-order valence-corrected chi connectivity index (χ2v) is 16.5. The van der Waals surface area contributed by atoms with E-state index in [1.807, 2.05) is 0 Å². The first-order chi connectivity index (χ1) is 30.6. The molecule has 9 aromatic rings. The van der Waals surface area contributed by atoms with Crippen LogP contribution in [0.2, 0.25) is 0 Å². The molecule has 0 amide bonds. The molecule has 3 nitrogen and oxygen atoms in total. The van der Waals surface area contributed by atoms with Crippen molar-refractivity contribution in [1.29, 1.82) is 0 Å². The Morgan fingerprint density at radius 1 is 0.339 bits per heavy atom. The predicted molar refractivity (Wildman–Crippen MR) is 255 cm³/mol. The molecular formula is C59H43N3. The maximum atomic E-state index is 5.23. The van der Waals surface area contributed by atoms with Gasteiger partial charge in [-0.2, -0.15) is 0 Å². The van der Waals surface area contributed by atoms with Crippen LogP contribution in [0.1, 0.15) is 29.5 Å². The van der Waals surface area contributed by atoms with Gasteiger partial charge in [-0.15, -0.1) is 0 Å². The monoisotopic (exact) mass is 793 g/mol. The van der Waals surface area contributed by atoms with Crippen molar-refractivity contribution in [3.05, 3.63) is 247 Å². The van der Waals surface area contributed by atoms with Crippen LogP contribution in [-0.2, 0) is 5.41 Å². The molecule has 0 bridgehead atoms. The molecule has 294 valence electrons. The molecule has 3 unspecified atom stereocenters. The number of benzene rings is 8. The van der Waals surface area contributed by atoms with Crippen molar-refractivity contribution in [3.8, 4) is 78.7 Å². The normalized spacial score (nSPS) is 17.4. The van der Waals surface area contributed by atoms with Crippen LogP contribution in [0.15, 0.2) is 231 Å². The van der Waals surface area contributed by atoms with Gasteiger partial charge in [-0.3, -0.25) is 0 Å². The summed E-state index contributed by atoms with van der Waals surface area (Å²) in [4.78, 5) is 15.6. The van der Waals surface area contributed by atoms with Crippen LogP contribution in [0, 0.1) is 5.92 Å². The number of nitrogens with zero attached hydrogens (tertiary/aromatic N) is 3. The van der Waals surface area contributed by atoms with Crippen LogP contribution in [0.4, 0.5) is 0 Å². The van der Waals surface area contributed by atoms with Gasteiger partial charge in [-0.1, -0.05) is 231 Å². The van der Waals surface area contributed by atoms with E-state index in [0.29, 0.717) is 29.3 Å². The lowest BCUT2D eigenvalue weighted by molar-refractivity contribution is 0.426. The smallest absolute Gasteiger partial charge is 0.164 e. The van der Waals surface area contributed by atoms with E-state index in [0.717, 1.165) is 38.9 Å². The fraction of sp³-hybridized carbons (Fsp3) is 0.0678. The van der Waals surface area contributed by atoms with Gasteiger partial charge in [0.2, 0.25) is 0 Å². The van der Waals surface area contributed by atoms with E-state index in [-0.39, 0.29) is 5.41 Å². The minimum absolute atomic E-state index is 0.221. The Hall–Kier alpha value is -7.75. The van der Waals surface area contributed by atoms with Crippen molar-refractivity contribution < 1.29 is 0 Å². The zero-order valence-corrected chi connectivity index (χ0v) is 34.4. The highest BCUT2D eigenvalue weighted by Gasteiger charge is 2.48. The standard InChI is InChI=1S/C59H43N3/c1-59(51-17-9-4-10-18-51)54-20-12-11-19-52(54)53-38-37-50(39-55(53)59)58-61-56(48-33-29-46(30-34-48)44-25-21-42(22-26-44)40-13-5-2-6-14-40)60-57(62-58)49-35-31-47(32-36-49)45-27-23-43(24-28-45)41-15-7-3-8-16-41/h2-39,52,54H,1H3. The highest BCUT2D eigenvalue weighted by atomic mass is 15.0. The second kappa shape index (κ2) is 15.7. The van der Waals surface area contributed by atoms with Crippen molar-refractivity contribution in [1.82, 2.24) is 15.0 Å². The van der Waals surface area contributed by atoms with Gasteiger partial charge >= 0.3 is 0 Å². The maximum absolute atomic E-state index is 5.23. The molecule has 62 heavy (non-hydrogen) atoms. The van der Waals surface area contributed by atoms with Crippen LogP contribution in [-0.4, -0.2) is 15.0 Å². The number of allylic oxidation sites excluding steroid dienone is 4. The molecule has 0 N–H and O–H groups in total. The Morgan fingerprint density at radius 2 is 0.677 bits per heavy atom. The lowest BCUT2D eigenvalue weighted by atomic mass is 9.68. The summed E-state index contributed by atoms with van der Waals surface area (Å²) >= 11 is 0. The Kier molecular flexibility index (Phi) is 9.43. The van der Waals surface area contributed by atoms with E-state index in [2.05, 4.69) is 237 Å². The summed E-state index contributed by atoms with van der Waals surface area (Å²) < 4.78 is 0. The van der Waals surface area contributed by atoms with Gasteiger partial charge in [0, 0.05) is 33.9 Å². The zero-order chi connectivity index (χ0) is 41.5. The Bertz CT molecular complexity index is 2940. The third-order valence-electron chi connectivity index (χ3n) is 13.0. The molecule has 0 radical (unpaired) electrons. The molecule has 0 spiro atoms. The van der Waals surface area contributed by atoms with E-state index in [1.165, 1.54) is 38.9 Å². The summed E-state index contributed by atoms with van der Waals surface area (Å²) in [6, 6.07) is 73.5. The van der Waals surface area contributed by atoms with Gasteiger partial charge in [0.25, 0.3) is 0 Å². The molecule has 0 fully saturated rings. The third kappa shape index (κ3) is 6.78. The molecule has 8 aromatic carbocycles. The number of hydrogen-bond donors (Lipinski definition) is 0. The van der Waals surface area contributed by atoms with Crippen LogP contribution in [0.5, 0.6) is 0 Å². The molecule has 2 aliphatic rings. The van der Waals surface area contributed by atoms with Crippen molar-refractivity contribution in [2.75, 3.05) is 0 Å². The minimum Gasteiger partial charge on any atom is -0.208 e. The third-order valence-corrected chi connectivity index (χ3v) is 13.0. The van der Waals surface area contributed by atoms with Gasteiger partial charge < -0.3 is 0 Å². The summed E-state index contributed by atoms with van der Waals surface area (Å²) in [6.07, 6.45) is 9.14. The molecule has 0 saturated heterocycles. The Morgan fingerprint density at radius 3 is 1.11 bits per heavy atom. The molecule has 1 aromatic heterocycles. The van der Waals surface area contributed by atoms with E-state index in [9.17, 15) is 0 Å². The predicted octanol–water partition coefficient (Wildman–Crippen LogP) is 14.7. The molecular weight excluding hydrogens is 751 g/mol. The number of rotatable bonds is 8. The molecule has 0 saturated carbocycles. The van der Waals surface area contributed by atoms with Gasteiger partial charge in [-0.25, -0.2) is 15.0 Å². The average molecular weight is 794 g/mol. The van der Waals surface area contributed by atoms with Crippen LogP contribution < -0.4 is 0 Å². The number of aromatic nitrogens is 3. The first-order valence-corrected chi connectivity index (χ1v) is 21.4. The van der Waals surface area contributed by atoms with Crippen molar-refractivity contribution >= 4 is 0 Å². The fourth-order valence-electron chi connectivity index (χ4n) is 9.56. The lowest BCUT2D eigenvalue weighted by Crippen LogP contribution is -2.30. The highest BCUT2D eigenvalue weighted by Crippen LogP contribution is 2.56. The lowest BCUT2D eigenvalue weighted by Gasteiger charge is -2.34. The summed E-state index contributed by atoms with van der Waals surface area (Å²) in [5.74, 6) is 2.56. The molecule has 3 heteroatoms. The molecule has 2 aliphatic carbocycles. The highest BCUT2D eigenvalue weighted by molar-refractivity contribution is 5.76. The van der Waals surface area contributed by atoms with E-state index in [4.69, 9.17) is 15.0 Å². The van der Waals surface area contributed by atoms with Crippen molar-refractivity contribution in [2.45, 2.75) is 18.3 Å². The summed E-state index contributed by atoms with van der Waals surface area (Å²) in [5.41, 5.74) is 16.0. The van der Waals surface area contributed by atoms with Gasteiger partial charge in [0.05, 0.1) is 0 Å².